The second kappa shape index (κ2) is 5.54. The van der Waals surface area contributed by atoms with Crippen molar-refractivity contribution in [2.45, 2.75) is 12.6 Å². The van der Waals surface area contributed by atoms with E-state index in [1.165, 1.54) is 6.92 Å². The molecule has 2 rings (SSSR count). The standard InChI is InChI=1S/C16H10N4O2/c1-16(22)13(15(21)10-5-3-2-4-6-10)12(9-19)14(20-16)11(7-17)8-18/h2-6,20,22H,1H3/t16-/m1/s1. The number of nitrogens with zero attached hydrogens (tertiary/aromatic N) is 3. The van der Waals surface area contributed by atoms with Gasteiger partial charge in [-0.05, 0) is 6.92 Å². The lowest BCUT2D eigenvalue weighted by atomic mass is 9.93. The maximum Gasteiger partial charge on any atom is 0.195 e. The molecule has 6 heteroatoms. The number of benzene rings is 1. The van der Waals surface area contributed by atoms with Crippen molar-refractivity contribution in [2.24, 2.45) is 0 Å². The highest BCUT2D eigenvalue weighted by Gasteiger charge is 2.43. The lowest BCUT2D eigenvalue weighted by molar-refractivity contribution is 0.0696. The minimum atomic E-state index is -1.84. The highest BCUT2D eigenvalue weighted by molar-refractivity contribution is 6.12. The Morgan fingerprint density at radius 1 is 1.18 bits per heavy atom. The molecule has 0 amide bonds. The fraction of sp³-hybridized carbons (Fsp3) is 0.125. The molecule has 1 aromatic carbocycles. The summed E-state index contributed by atoms with van der Waals surface area (Å²) in [5.41, 5.74) is -2.42. The van der Waals surface area contributed by atoms with E-state index in [2.05, 4.69) is 5.32 Å². The maximum atomic E-state index is 12.6. The predicted molar refractivity (Wildman–Crippen MR) is 75.4 cm³/mol. The molecule has 2 N–H and O–H groups in total. The first-order valence-corrected chi connectivity index (χ1v) is 6.26. The van der Waals surface area contributed by atoms with Gasteiger partial charge in [0.2, 0.25) is 0 Å². The Morgan fingerprint density at radius 2 is 1.77 bits per heavy atom. The number of carbonyl (C=O) groups excluding carboxylic acids is 1. The molecule has 1 aromatic rings. The van der Waals surface area contributed by atoms with E-state index >= 15 is 0 Å². The summed E-state index contributed by atoms with van der Waals surface area (Å²) in [7, 11) is 0. The van der Waals surface area contributed by atoms with Crippen molar-refractivity contribution in [1.29, 1.82) is 15.8 Å². The van der Waals surface area contributed by atoms with Crippen molar-refractivity contribution in [1.82, 2.24) is 5.32 Å². The van der Waals surface area contributed by atoms with E-state index in [-0.39, 0.29) is 22.4 Å². The molecule has 0 fully saturated rings. The van der Waals surface area contributed by atoms with E-state index in [4.69, 9.17) is 10.5 Å². The second-order valence-electron chi connectivity index (χ2n) is 4.73. The van der Waals surface area contributed by atoms with E-state index < -0.39 is 11.5 Å². The fourth-order valence-electron chi connectivity index (χ4n) is 2.24. The molecule has 1 heterocycles. The molecule has 0 saturated heterocycles. The quantitative estimate of drug-likeness (QED) is 0.625. The summed E-state index contributed by atoms with van der Waals surface area (Å²) in [4.78, 5) is 12.6. The number of aliphatic hydroxyl groups is 1. The molecule has 0 aliphatic carbocycles. The molecule has 0 unspecified atom stereocenters. The number of allylic oxidation sites excluding steroid dienone is 2. The topological polar surface area (TPSA) is 121 Å². The third-order valence-electron chi connectivity index (χ3n) is 3.20. The number of nitrogens with one attached hydrogen (secondary N) is 1. The summed E-state index contributed by atoms with van der Waals surface area (Å²) in [6, 6.07) is 13.2. The number of rotatable bonds is 2. The van der Waals surface area contributed by atoms with Crippen molar-refractivity contribution in [3.8, 4) is 18.2 Å². The molecule has 1 atom stereocenters. The van der Waals surface area contributed by atoms with Crippen molar-refractivity contribution >= 4 is 5.78 Å². The predicted octanol–water partition coefficient (Wildman–Crippen LogP) is 1.30. The van der Waals surface area contributed by atoms with E-state index in [0.29, 0.717) is 5.56 Å². The van der Waals surface area contributed by atoms with Crippen molar-refractivity contribution < 1.29 is 9.90 Å². The van der Waals surface area contributed by atoms with Gasteiger partial charge in [0.1, 0.15) is 18.2 Å². The number of Topliss-reactive ketones (excluding diaryl/α,β-unsaturated/α-hetero) is 1. The summed E-state index contributed by atoms with van der Waals surface area (Å²) in [6.45, 7) is 1.29. The molecule has 0 aromatic heterocycles. The van der Waals surface area contributed by atoms with Gasteiger partial charge < -0.3 is 10.4 Å². The Balaban J connectivity index is 2.71. The fourth-order valence-corrected chi connectivity index (χ4v) is 2.24. The lowest BCUT2D eigenvalue weighted by Gasteiger charge is -2.21. The van der Waals surface area contributed by atoms with Gasteiger partial charge in [0.05, 0.1) is 16.8 Å². The molecule has 0 radical (unpaired) electrons. The van der Waals surface area contributed by atoms with E-state index in [0.717, 1.165) is 0 Å². The molecule has 0 spiro atoms. The van der Waals surface area contributed by atoms with Gasteiger partial charge >= 0.3 is 0 Å². The first-order chi connectivity index (χ1) is 10.5. The normalized spacial score (nSPS) is 19.7. The van der Waals surface area contributed by atoms with Crippen molar-refractivity contribution in [2.75, 3.05) is 0 Å². The Labute approximate surface area is 126 Å². The van der Waals surface area contributed by atoms with Gasteiger partial charge in [-0.3, -0.25) is 4.79 Å². The van der Waals surface area contributed by atoms with Crippen molar-refractivity contribution in [3.63, 3.8) is 0 Å². The van der Waals surface area contributed by atoms with Crippen LogP contribution in [-0.2, 0) is 0 Å². The SMILES string of the molecule is C[C@]1(O)NC(=C(C#N)C#N)C(C#N)=C1C(=O)c1ccccc1. The maximum absolute atomic E-state index is 12.6. The van der Waals surface area contributed by atoms with E-state index in [1.54, 1.807) is 48.5 Å². The number of hydrogen-bond donors (Lipinski definition) is 2. The summed E-state index contributed by atoms with van der Waals surface area (Å²) >= 11 is 0. The Morgan fingerprint density at radius 3 is 2.27 bits per heavy atom. The minimum Gasteiger partial charge on any atom is -0.367 e. The average molecular weight is 290 g/mol. The van der Waals surface area contributed by atoms with E-state index in [9.17, 15) is 15.2 Å². The van der Waals surface area contributed by atoms with Gasteiger partial charge in [-0.25, -0.2) is 0 Å². The smallest absolute Gasteiger partial charge is 0.195 e. The van der Waals surface area contributed by atoms with Crippen LogP contribution in [0.2, 0.25) is 0 Å². The molecule has 6 nitrogen and oxygen atoms in total. The van der Waals surface area contributed by atoms with Crippen LogP contribution in [0, 0.1) is 34.0 Å². The number of nitriles is 3. The summed E-state index contributed by atoms with van der Waals surface area (Å²) in [5.74, 6) is -0.542. The second-order valence-corrected chi connectivity index (χ2v) is 4.73. The number of ketones is 1. The van der Waals surface area contributed by atoms with Crippen LogP contribution >= 0.6 is 0 Å². The summed E-state index contributed by atoms with van der Waals surface area (Å²) < 4.78 is 0. The lowest BCUT2D eigenvalue weighted by Crippen LogP contribution is -2.40. The Hall–Kier alpha value is -3.40. The Bertz CT molecular complexity index is 812. The van der Waals surface area contributed by atoms with Gasteiger partial charge in [0.15, 0.2) is 17.1 Å². The molecular formula is C16H10N4O2. The van der Waals surface area contributed by atoms with Crippen molar-refractivity contribution in [3.05, 3.63) is 58.3 Å². The molecule has 106 valence electrons. The number of carbonyl (C=O) groups is 1. The largest absolute Gasteiger partial charge is 0.367 e. The summed E-state index contributed by atoms with van der Waals surface area (Å²) in [5, 5.41) is 40.1. The van der Waals surface area contributed by atoms with Gasteiger partial charge in [0.25, 0.3) is 0 Å². The van der Waals surface area contributed by atoms with Crippen LogP contribution in [0.5, 0.6) is 0 Å². The zero-order valence-corrected chi connectivity index (χ0v) is 11.6. The average Bonchev–Trinajstić information content (AvgIpc) is 2.79. The van der Waals surface area contributed by atoms with Crippen LogP contribution in [0.4, 0.5) is 0 Å². The molecular weight excluding hydrogens is 280 g/mol. The minimum absolute atomic E-state index is 0.128. The highest BCUT2D eigenvalue weighted by atomic mass is 16.3. The first kappa shape index (κ1) is 15.0. The van der Waals surface area contributed by atoms with Crippen LogP contribution in [0.1, 0.15) is 17.3 Å². The third-order valence-corrected chi connectivity index (χ3v) is 3.20. The van der Waals surface area contributed by atoms with Gasteiger partial charge in [-0.2, -0.15) is 15.8 Å². The van der Waals surface area contributed by atoms with Crippen LogP contribution in [0.15, 0.2) is 52.7 Å². The van der Waals surface area contributed by atoms with Crippen LogP contribution in [-0.4, -0.2) is 16.6 Å². The third kappa shape index (κ3) is 2.33. The zero-order valence-electron chi connectivity index (χ0n) is 11.6. The van der Waals surface area contributed by atoms with Gasteiger partial charge in [-0.15, -0.1) is 0 Å². The molecule has 1 aliphatic rings. The van der Waals surface area contributed by atoms with Crippen LogP contribution in [0.25, 0.3) is 0 Å². The first-order valence-electron chi connectivity index (χ1n) is 6.26. The molecule has 0 saturated carbocycles. The van der Waals surface area contributed by atoms with E-state index in [1.807, 2.05) is 0 Å². The molecule has 1 aliphatic heterocycles. The summed E-state index contributed by atoms with van der Waals surface area (Å²) in [6.07, 6.45) is 0. The number of hydrogen-bond acceptors (Lipinski definition) is 6. The Kier molecular flexibility index (Phi) is 3.77. The van der Waals surface area contributed by atoms with Gasteiger partial charge in [0, 0.05) is 5.56 Å². The highest BCUT2D eigenvalue weighted by Crippen LogP contribution is 2.34. The molecule has 0 bridgehead atoms. The van der Waals surface area contributed by atoms with Gasteiger partial charge in [-0.1, -0.05) is 30.3 Å². The zero-order chi connectivity index (χ0) is 16.3. The molecule has 22 heavy (non-hydrogen) atoms. The monoisotopic (exact) mass is 290 g/mol. The van der Waals surface area contributed by atoms with Crippen LogP contribution < -0.4 is 5.32 Å². The van der Waals surface area contributed by atoms with Crippen LogP contribution in [0.3, 0.4) is 0 Å².